The summed E-state index contributed by atoms with van der Waals surface area (Å²) in [5.41, 5.74) is 0. The minimum atomic E-state index is -0.659. The van der Waals surface area contributed by atoms with Gasteiger partial charge in [-0.1, -0.05) is 161 Å². The molecule has 0 unspecified atom stereocenters. The number of amidine groups is 1. The van der Waals surface area contributed by atoms with E-state index in [1.165, 1.54) is 179 Å². The molecular weight excluding hydrogens is 548 g/mol. The number of hydrogen-bond donors (Lipinski definition) is 2. The summed E-state index contributed by atoms with van der Waals surface area (Å²) in [6.07, 6.45) is 39.3. The van der Waals surface area contributed by atoms with Gasteiger partial charge in [-0.3, -0.25) is 14.6 Å². The highest BCUT2D eigenvalue weighted by Crippen LogP contribution is 2.17. The van der Waals surface area contributed by atoms with E-state index in [1.54, 1.807) is 0 Å². The van der Waals surface area contributed by atoms with Crippen molar-refractivity contribution >= 4 is 17.8 Å². The quantitative estimate of drug-likeness (QED) is 0.0688. The highest BCUT2D eigenvalue weighted by atomic mass is 16.4. The molecule has 0 saturated carbocycles. The van der Waals surface area contributed by atoms with E-state index < -0.39 is 11.9 Å². The summed E-state index contributed by atoms with van der Waals surface area (Å²) in [7, 11) is 0. The summed E-state index contributed by atoms with van der Waals surface area (Å²) in [6, 6.07) is 0. The number of nitrogens with zero attached hydrogens (tertiary/aromatic N) is 2. The lowest BCUT2D eigenvalue weighted by Gasteiger charge is -2.20. The number of rotatable bonds is 35. The lowest BCUT2D eigenvalue weighted by atomic mass is 10.0. The average molecular weight is 621 g/mol. The minimum absolute atomic E-state index is 0.333. The molecule has 0 aromatic rings. The molecule has 1 aliphatic heterocycles. The molecule has 44 heavy (non-hydrogen) atoms. The zero-order valence-electron chi connectivity index (χ0n) is 28.9. The van der Waals surface area contributed by atoms with E-state index in [0.717, 1.165) is 38.8 Å². The molecule has 0 aromatic heterocycles. The number of aliphatic imine (C=N–C) groups is 1. The van der Waals surface area contributed by atoms with Gasteiger partial charge in [0.15, 0.2) is 0 Å². The topological polar surface area (TPSA) is 90.2 Å². The van der Waals surface area contributed by atoms with E-state index in [9.17, 15) is 9.59 Å². The van der Waals surface area contributed by atoms with Gasteiger partial charge in [0.1, 0.15) is 0 Å². The number of carbonyl (C=O) groups is 2. The third-order valence-electron chi connectivity index (χ3n) is 9.39. The number of aliphatic carboxylic acids is 2. The zero-order chi connectivity index (χ0) is 31.8. The Morgan fingerprint density at radius 2 is 0.750 bits per heavy atom. The first-order valence-corrected chi connectivity index (χ1v) is 19.3. The normalized spacial score (nSPS) is 13.1. The molecule has 2 N–H and O–H groups in total. The maximum atomic E-state index is 10.5. The van der Waals surface area contributed by atoms with Crippen LogP contribution in [0.15, 0.2) is 4.99 Å². The second-order valence-corrected chi connectivity index (χ2v) is 13.6. The van der Waals surface area contributed by atoms with Crippen LogP contribution in [0.4, 0.5) is 0 Å². The molecule has 0 aliphatic carbocycles. The third-order valence-corrected chi connectivity index (χ3v) is 9.39. The Bertz CT molecular complexity index is 696. The summed E-state index contributed by atoms with van der Waals surface area (Å²) in [4.78, 5) is 28.4. The van der Waals surface area contributed by atoms with Crippen molar-refractivity contribution < 1.29 is 19.8 Å². The number of carboxylic acid groups (broad SMARTS) is 2. The molecule has 6 heteroatoms. The van der Waals surface area contributed by atoms with E-state index >= 15 is 0 Å². The highest BCUT2D eigenvalue weighted by molar-refractivity contribution is 5.83. The first-order valence-electron chi connectivity index (χ1n) is 19.3. The van der Waals surface area contributed by atoms with Gasteiger partial charge in [0.25, 0.3) is 0 Å². The number of carboxylic acids is 2. The molecule has 0 radical (unpaired) electrons. The molecular formula is C38H72N2O4. The van der Waals surface area contributed by atoms with Crippen LogP contribution in [0.1, 0.15) is 205 Å². The second kappa shape index (κ2) is 31.4. The molecule has 0 aromatic carbocycles. The molecule has 6 nitrogen and oxygen atoms in total. The van der Waals surface area contributed by atoms with Crippen LogP contribution in [0.2, 0.25) is 0 Å². The zero-order valence-corrected chi connectivity index (χ0v) is 28.9. The molecule has 258 valence electrons. The van der Waals surface area contributed by atoms with Crippen molar-refractivity contribution in [3.63, 3.8) is 0 Å². The second-order valence-electron chi connectivity index (χ2n) is 13.6. The van der Waals surface area contributed by atoms with Crippen LogP contribution in [0.5, 0.6) is 0 Å². The monoisotopic (exact) mass is 621 g/mol. The highest BCUT2D eigenvalue weighted by Gasteiger charge is 2.15. The Kier molecular flexibility index (Phi) is 28.9. The minimum Gasteiger partial charge on any atom is -0.481 e. The van der Waals surface area contributed by atoms with Crippen molar-refractivity contribution in [2.24, 2.45) is 4.99 Å². The first-order chi connectivity index (χ1) is 21.6. The maximum Gasteiger partial charge on any atom is 0.303 e. The molecule has 0 saturated heterocycles. The molecule has 0 amide bonds. The van der Waals surface area contributed by atoms with Gasteiger partial charge in [-0.15, -0.1) is 0 Å². The van der Waals surface area contributed by atoms with Crippen molar-refractivity contribution in [1.82, 2.24) is 4.90 Å². The third kappa shape index (κ3) is 27.9. The lowest BCUT2D eigenvalue weighted by molar-refractivity contribution is -0.138. The summed E-state index contributed by atoms with van der Waals surface area (Å²) >= 11 is 0. The van der Waals surface area contributed by atoms with Crippen LogP contribution in [0.25, 0.3) is 0 Å². The van der Waals surface area contributed by atoms with Gasteiger partial charge in [-0.05, 0) is 25.7 Å². The number of unbranched alkanes of at least 4 members (excludes halogenated alkanes) is 27. The van der Waals surface area contributed by atoms with Gasteiger partial charge >= 0.3 is 11.9 Å². The van der Waals surface area contributed by atoms with Gasteiger partial charge in [-0.25, -0.2) is 0 Å². The SMILES string of the molecule is O=C(O)CCCCCCCCCCCCCCCCCN1CCN=C1CCCCCCCCCCCCCCCCC(=O)O. The van der Waals surface area contributed by atoms with E-state index in [2.05, 4.69) is 4.90 Å². The fourth-order valence-electron chi connectivity index (χ4n) is 6.56. The fraction of sp³-hybridized carbons (Fsp3) is 0.921. The van der Waals surface area contributed by atoms with Gasteiger partial charge in [0.2, 0.25) is 0 Å². The smallest absolute Gasteiger partial charge is 0.303 e. The lowest BCUT2D eigenvalue weighted by Crippen LogP contribution is -2.28. The molecule has 1 rings (SSSR count). The molecule has 1 aliphatic rings. The van der Waals surface area contributed by atoms with Crippen LogP contribution in [0.3, 0.4) is 0 Å². The van der Waals surface area contributed by atoms with Crippen LogP contribution < -0.4 is 0 Å². The molecule has 0 spiro atoms. The molecule has 0 atom stereocenters. The number of hydrogen-bond acceptors (Lipinski definition) is 4. The average Bonchev–Trinajstić information content (AvgIpc) is 3.45. The Balaban J connectivity index is 1.79. The summed E-state index contributed by atoms with van der Waals surface area (Å²) in [5, 5.41) is 17.3. The Morgan fingerprint density at radius 3 is 1.09 bits per heavy atom. The van der Waals surface area contributed by atoms with E-state index in [0.29, 0.717) is 12.8 Å². The predicted octanol–water partition coefficient (Wildman–Crippen LogP) is 11.4. The van der Waals surface area contributed by atoms with Crippen LogP contribution >= 0.6 is 0 Å². The predicted molar refractivity (Wildman–Crippen MR) is 187 cm³/mol. The van der Waals surface area contributed by atoms with Crippen LogP contribution in [-0.4, -0.2) is 52.5 Å². The molecule has 0 fully saturated rings. The first kappa shape index (κ1) is 40.4. The van der Waals surface area contributed by atoms with Crippen molar-refractivity contribution in [2.75, 3.05) is 19.6 Å². The van der Waals surface area contributed by atoms with Gasteiger partial charge in [0.05, 0.1) is 12.4 Å². The van der Waals surface area contributed by atoms with Crippen molar-refractivity contribution in [3.8, 4) is 0 Å². The summed E-state index contributed by atoms with van der Waals surface area (Å²) < 4.78 is 0. The standard InChI is InChI=1S/C38H72N2O4/c41-37(42)31-27-23-19-15-11-7-2-1-5-9-13-17-21-25-29-34-40-35-33-39-36(40)30-26-22-18-14-10-6-3-4-8-12-16-20-24-28-32-38(43)44/h1-35H2,(H,41,42)(H,43,44). The van der Waals surface area contributed by atoms with Gasteiger partial charge in [0, 0.05) is 32.4 Å². The van der Waals surface area contributed by atoms with E-state index in [4.69, 9.17) is 15.2 Å². The van der Waals surface area contributed by atoms with Gasteiger partial charge in [-0.2, -0.15) is 0 Å². The Hall–Kier alpha value is -1.59. The van der Waals surface area contributed by atoms with Gasteiger partial charge < -0.3 is 15.1 Å². The van der Waals surface area contributed by atoms with Crippen molar-refractivity contribution in [3.05, 3.63) is 0 Å². The van der Waals surface area contributed by atoms with E-state index in [-0.39, 0.29) is 0 Å². The van der Waals surface area contributed by atoms with Crippen molar-refractivity contribution in [1.29, 1.82) is 0 Å². The van der Waals surface area contributed by atoms with Crippen LogP contribution in [0, 0.1) is 0 Å². The largest absolute Gasteiger partial charge is 0.481 e. The molecule has 1 heterocycles. The van der Waals surface area contributed by atoms with Crippen molar-refractivity contribution in [2.45, 2.75) is 205 Å². The maximum absolute atomic E-state index is 10.5. The van der Waals surface area contributed by atoms with Crippen LogP contribution in [-0.2, 0) is 9.59 Å². The summed E-state index contributed by atoms with van der Waals surface area (Å²) in [6.45, 7) is 3.36. The molecule has 0 bridgehead atoms. The van der Waals surface area contributed by atoms with E-state index in [1.807, 2.05) is 0 Å². The Labute approximate surface area is 272 Å². The fourth-order valence-corrected chi connectivity index (χ4v) is 6.56. The Morgan fingerprint density at radius 1 is 0.455 bits per heavy atom. The summed E-state index contributed by atoms with van der Waals surface area (Å²) in [5.74, 6) is 0.0773.